The third-order valence-electron chi connectivity index (χ3n) is 4.14. The molecule has 0 amide bonds. The molecule has 0 saturated carbocycles. The number of rotatable bonds is 4. The van der Waals surface area contributed by atoms with Crippen molar-refractivity contribution in [3.05, 3.63) is 65.7 Å². The van der Waals surface area contributed by atoms with Crippen LogP contribution in [-0.2, 0) is 0 Å². The lowest BCUT2D eigenvalue weighted by Gasteiger charge is -2.37. The molecule has 2 N–H and O–H groups in total. The maximum atomic E-state index is 10.3. The first-order chi connectivity index (χ1) is 9.95. The van der Waals surface area contributed by atoms with Gasteiger partial charge in [-0.2, -0.15) is 0 Å². The molecule has 0 unspecified atom stereocenters. The Morgan fingerprint density at radius 3 is 2.00 bits per heavy atom. The molecule has 2 heteroatoms. The van der Waals surface area contributed by atoms with Crippen molar-refractivity contribution in [3.63, 3.8) is 0 Å². The van der Waals surface area contributed by atoms with E-state index in [0.717, 1.165) is 11.1 Å². The highest BCUT2D eigenvalue weighted by molar-refractivity contribution is 5.42. The fourth-order valence-corrected chi connectivity index (χ4v) is 2.92. The molecule has 0 fully saturated rings. The Morgan fingerprint density at radius 1 is 0.905 bits per heavy atom. The standard InChI is InChI=1S/C19H24O2/c1-19(2,3)16(13-20)18(14-9-5-4-6-10-14)15-11-7-8-12-17(15)21/h4-12,16,18,20-21H,13H2,1-3H3/t16-,18+/m1/s1. The molecule has 0 spiro atoms. The highest BCUT2D eigenvalue weighted by Crippen LogP contribution is 2.44. The van der Waals surface area contributed by atoms with E-state index in [1.165, 1.54) is 0 Å². The van der Waals surface area contributed by atoms with E-state index in [4.69, 9.17) is 0 Å². The largest absolute Gasteiger partial charge is 0.508 e. The smallest absolute Gasteiger partial charge is 0.119 e. The summed E-state index contributed by atoms with van der Waals surface area (Å²) in [5.74, 6) is 0.277. The number of hydrogen-bond acceptors (Lipinski definition) is 2. The van der Waals surface area contributed by atoms with Crippen molar-refractivity contribution in [2.45, 2.75) is 26.7 Å². The van der Waals surface area contributed by atoms with E-state index in [0.29, 0.717) is 0 Å². The first-order valence-corrected chi connectivity index (χ1v) is 7.39. The molecule has 21 heavy (non-hydrogen) atoms. The van der Waals surface area contributed by atoms with Gasteiger partial charge in [0.15, 0.2) is 0 Å². The van der Waals surface area contributed by atoms with Gasteiger partial charge in [0.1, 0.15) is 5.75 Å². The zero-order valence-electron chi connectivity index (χ0n) is 13.0. The van der Waals surface area contributed by atoms with Gasteiger partial charge in [0.2, 0.25) is 0 Å². The van der Waals surface area contributed by atoms with Crippen LogP contribution in [0.15, 0.2) is 54.6 Å². The average molecular weight is 284 g/mol. The van der Waals surface area contributed by atoms with Crippen LogP contribution in [0.25, 0.3) is 0 Å². The highest BCUT2D eigenvalue weighted by atomic mass is 16.3. The summed E-state index contributed by atoms with van der Waals surface area (Å²) in [6.45, 7) is 6.47. The molecule has 0 saturated heterocycles. The molecule has 2 aromatic rings. The first-order valence-electron chi connectivity index (χ1n) is 7.39. The van der Waals surface area contributed by atoms with E-state index in [9.17, 15) is 10.2 Å². The van der Waals surface area contributed by atoms with Crippen LogP contribution in [0.2, 0.25) is 0 Å². The monoisotopic (exact) mass is 284 g/mol. The lowest BCUT2D eigenvalue weighted by Crippen LogP contribution is -2.30. The van der Waals surface area contributed by atoms with Crippen molar-refractivity contribution in [2.24, 2.45) is 11.3 Å². The van der Waals surface area contributed by atoms with Gasteiger partial charge in [-0.1, -0.05) is 69.3 Å². The summed E-state index contributed by atoms with van der Waals surface area (Å²) in [6, 6.07) is 17.5. The summed E-state index contributed by atoms with van der Waals surface area (Å²) in [5, 5.41) is 20.2. The summed E-state index contributed by atoms with van der Waals surface area (Å²) in [6.07, 6.45) is 0. The minimum Gasteiger partial charge on any atom is -0.508 e. The van der Waals surface area contributed by atoms with Gasteiger partial charge in [0.25, 0.3) is 0 Å². The molecule has 0 aliphatic heterocycles. The van der Waals surface area contributed by atoms with Gasteiger partial charge in [0.05, 0.1) is 0 Å². The molecule has 0 aliphatic rings. The van der Waals surface area contributed by atoms with E-state index in [-0.39, 0.29) is 29.6 Å². The SMILES string of the molecule is CC(C)(C)[C@H](CO)[C@@H](c1ccccc1)c1ccccc1O. The van der Waals surface area contributed by atoms with Gasteiger partial charge < -0.3 is 10.2 Å². The van der Waals surface area contributed by atoms with Crippen LogP contribution >= 0.6 is 0 Å². The van der Waals surface area contributed by atoms with E-state index < -0.39 is 0 Å². The number of benzene rings is 2. The second-order valence-electron chi connectivity index (χ2n) is 6.60. The van der Waals surface area contributed by atoms with Crippen molar-refractivity contribution in [2.75, 3.05) is 6.61 Å². The Kier molecular flexibility index (Phi) is 4.69. The molecule has 0 radical (unpaired) electrons. The number of aromatic hydroxyl groups is 1. The number of phenolic OH excluding ortho intramolecular Hbond substituents is 1. The third-order valence-corrected chi connectivity index (χ3v) is 4.14. The van der Waals surface area contributed by atoms with Crippen molar-refractivity contribution in [1.29, 1.82) is 0 Å². The molecule has 2 rings (SSSR count). The van der Waals surface area contributed by atoms with Gasteiger partial charge in [-0.3, -0.25) is 0 Å². The fourth-order valence-electron chi connectivity index (χ4n) is 2.92. The van der Waals surface area contributed by atoms with Gasteiger partial charge in [-0.25, -0.2) is 0 Å². The summed E-state index contributed by atoms with van der Waals surface area (Å²) < 4.78 is 0. The fraction of sp³-hybridized carbons (Fsp3) is 0.368. The van der Waals surface area contributed by atoms with E-state index in [1.54, 1.807) is 6.07 Å². The molecule has 2 atom stereocenters. The Balaban J connectivity index is 2.58. The highest BCUT2D eigenvalue weighted by Gasteiger charge is 2.34. The maximum Gasteiger partial charge on any atom is 0.119 e. The normalized spacial score (nSPS) is 14.7. The van der Waals surface area contributed by atoms with Crippen molar-refractivity contribution >= 4 is 0 Å². The summed E-state index contributed by atoms with van der Waals surface area (Å²) in [5.41, 5.74) is 1.92. The van der Waals surface area contributed by atoms with Crippen molar-refractivity contribution in [3.8, 4) is 5.75 Å². The third kappa shape index (κ3) is 3.45. The minimum absolute atomic E-state index is 0.0215. The van der Waals surface area contributed by atoms with Gasteiger partial charge in [0, 0.05) is 18.1 Å². The quantitative estimate of drug-likeness (QED) is 0.884. The number of phenols is 1. The molecule has 2 aromatic carbocycles. The number of hydrogen-bond donors (Lipinski definition) is 2. The van der Waals surface area contributed by atoms with Crippen molar-refractivity contribution in [1.82, 2.24) is 0 Å². The number of aliphatic hydroxyl groups is 1. The summed E-state index contributed by atoms with van der Waals surface area (Å²) in [4.78, 5) is 0. The first kappa shape index (κ1) is 15.6. The van der Waals surface area contributed by atoms with Crippen LogP contribution in [0.5, 0.6) is 5.75 Å². The number of para-hydroxylation sites is 1. The van der Waals surface area contributed by atoms with E-state index in [2.05, 4.69) is 32.9 Å². The zero-order valence-corrected chi connectivity index (χ0v) is 13.0. The van der Waals surface area contributed by atoms with Crippen molar-refractivity contribution < 1.29 is 10.2 Å². The summed E-state index contributed by atoms with van der Waals surface area (Å²) in [7, 11) is 0. The molecule has 112 valence electrons. The molecular weight excluding hydrogens is 260 g/mol. The minimum atomic E-state index is -0.0719. The van der Waals surface area contributed by atoms with Crippen LogP contribution in [-0.4, -0.2) is 16.8 Å². The zero-order chi connectivity index (χ0) is 15.5. The maximum absolute atomic E-state index is 10.3. The molecule has 2 nitrogen and oxygen atoms in total. The number of aliphatic hydroxyl groups excluding tert-OH is 1. The summed E-state index contributed by atoms with van der Waals surface area (Å²) >= 11 is 0. The van der Waals surface area contributed by atoms with Gasteiger partial charge >= 0.3 is 0 Å². The molecule has 0 aromatic heterocycles. The van der Waals surface area contributed by atoms with Crippen LogP contribution in [0, 0.1) is 11.3 Å². The molecule has 0 aliphatic carbocycles. The lowest BCUT2D eigenvalue weighted by molar-refractivity contribution is 0.116. The van der Waals surface area contributed by atoms with Gasteiger partial charge in [-0.15, -0.1) is 0 Å². The predicted octanol–water partition coefficient (Wildman–Crippen LogP) is 4.18. The Morgan fingerprint density at radius 2 is 1.48 bits per heavy atom. The second-order valence-corrected chi connectivity index (χ2v) is 6.60. The molecule has 0 bridgehead atoms. The van der Waals surface area contributed by atoms with E-state index in [1.807, 2.05) is 36.4 Å². The Hall–Kier alpha value is -1.80. The van der Waals surface area contributed by atoms with Gasteiger partial charge in [-0.05, 0) is 23.0 Å². The Labute approximate surface area is 127 Å². The van der Waals surface area contributed by atoms with Crippen LogP contribution < -0.4 is 0 Å². The predicted molar refractivity (Wildman–Crippen MR) is 86.4 cm³/mol. The Bertz CT molecular complexity index is 570. The van der Waals surface area contributed by atoms with Crippen LogP contribution in [0.3, 0.4) is 0 Å². The second kappa shape index (κ2) is 6.31. The average Bonchev–Trinajstić information content (AvgIpc) is 2.45. The van der Waals surface area contributed by atoms with Crippen LogP contribution in [0.1, 0.15) is 37.8 Å². The van der Waals surface area contributed by atoms with Crippen LogP contribution in [0.4, 0.5) is 0 Å². The molecule has 0 heterocycles. The van der Waals surface area contributed by atoms with E-state index >= 15 is 0 Å². The molecular formula is C19H24O2. The lowest BCUT2D eigenvalue weighted by atomic mass is 9.68. The topological polar surface area (TPSA) is 40.5 Å².